The number of nitrogens with one attached hydrogen (secondary N) is 1. The molecule has 1 heterocycles. The van der Waals surface area contributed by atoms with E-state index >= 15 is 0 Å². The summed E-state index contributed by atoms with van der Waals surface area (Å²) in [5.74, 6) is 1.03. The summed E-state index contributed by atoms with van der Waals surface area (Å²) in [4.78, 5) is 15.1. The Morgan fingerprint density at radius 1 is 1.09 bits per heavy atom. The molecule has 3 rings (SSSR count). The lowest BCUT2D eigenvalue weighted by Gasteiger charge is -2.14. The van der Waals surface area contributed by atoms with Gasteiger partial charge in [-0.2, -0.15) is 0 Å². The molecule has 1 unspecified atom stereocenters. The van der Waals surface area contributed by atoms with Crippen LogP contribution in [-0.4, -0.2) is 35.3 Å². The first-order valence-corrected chi connectivity index (χ1v) is 12.2. The molecular formula is C24H28FN3O4S. The van der Waals surface area contributed by atoms with Gasteiger partial charge in [-0.05, 0) is 48.1 Å². The largest absolute Gasteiger partial charge is 0.464 e. The topological polar surface area (TPSA) is 101 Å². The molecule has 0 saturated heterocycles. The highest BCUT2D eigenvalue weighted by atomic mass is 32.2. The smallest absolute Gasteiger partial charge is 0.418 e. The maximum atomic E-state index is 13.4. The fraction of sp³-hybridized carbons (Fsp3) is 0.333. The first-order chi connectivity index (χ1) is 15.5. The molecule has 1 amide bonds. The fourth-order valence-electron chi connectivity index (χ4n) is 3.72. The van der Waals surface area contributed by atoms with E-state index in [0.29, 0.717) is 29.4 Å². The second-order valence-electron chi connectivity index (χ2n) is 8.49. The van der Waals surface area contributed by atoms with Gasteiger partial charge in [0.15, 0.2) is 0 Å². The van der Waals surface area contributed by atoms with Crippen molar-refractivity contribution in [1.82, 2.24) is 14.3 Å². The Morgan fingerprint density at radius 2 is 1.76 bits per heavy atom. The van der Waals surface area contributed by atoms with Gasteiger partial charge in [0.25, 0.3) is 10.0 Å². The number of carbonyl (C=O) groups is 1. The molecule has 2 aromatic carbocycles. The molecule has 0 saturated carbocycles. The maximum absolute atomic E-state index is 13.4. The van der Waals surface area contributed by atoms with Crippen LogP contribution in [0.25, 0.3) is 11.1 Å². The van der Waals surface area contributed by atoms with Crippen LogP contribution in [-0.2, 0) is 29.4 Å². The van der Waals surface area contributed by atoms with Crippen LogP contribution >= 0.6 is 0 Å². The Kier molecular flexibility index (Phi) is 7.53. The van der Waals surface area contributed by atoms with E-state index < -0.39 is 22.3 Å². The van der Waals surface area contributed by atoms with E-state index in [2.05, 4.69) is 18.8 Å². The third-order valence-electron chi connectivity index (χ3n) is 5.08. The Hall–Kier alpha value is -3.20. The van der Waals surface area contributed by atoms with Gasteiger partial charge in [-0.15, -0.1) is 0 Å². The van der Waals surface area contributed by atoms with E-state index in [9.17, 15) is 17.6 Å². The number of alkyl halides is 1. The molecule has 0 radical (unpaired) electrons. The van der Waals surface area contributed by atoms with Crippen molar-refractivity contribution in [3.8, 4) is 11.1 Å². The van der Waals surface area contributed by atoms with Crippen molar-refractivity contribution in [2.45, 2.75) is 51.2 Å². The minimum Gasteiger partial charge on any atom is -0.464 e. The van der Waals surface area contributed by atoms with E-state index in [4.69, 9.17) is 5.11 Å². The van der Waals surface area contributed by atoms with Crippen molar-refractivity contribution in [1.29, 1.82) is 0 Å². The van der Waals surface area contributed by atoms with Crippen LogP contribution in [0.1, 0.15) is 37.7 Å². The third kappa shape index (κ3) is 6.41. The zero-order valence-electron chi connectivity index (χ0n) is 18.8. The molecule has 2 N–H and O–H groups in total. The van der Waals surface area contributed by atoms with Gasteiger partial charge < -0.3 is 9.67 Å². The van der Waals surface area contributed by atoms with Crippen LogP contribution in [0.4, 0.5) is 9.18 Å². The standard InChI is InChI=1S/C24H28FN3O4S/c1-16(2)12-19-6-9-22(33(31,32)27-24(29)30)21(14-19)20-7-4-18(5-8-20)15-28-11-10-26-23(28)13-17(3)25/h4-11,14,16-17,27H,12-13,15H2,1-3H3,(H,29,30). The van der Waals surface area contributed by atoms with E-state index in [1.54, 1.807) is 41.4 Å². The number of nitrogens with zero attached hydrogens (tertiary/aromatic N) is 2. The molecular weight excluding hydrogens is 445 g/mol. The van der Waals surface area contributed by atoms with Crippen molar-refractivity contribution in [2.24, 2.45) is 5.92 Å². The summed E-state index contributed by atoms with van der Waals surface area (Å²) in [5, 5.41) is 8.96. The highest BCUT2D eigenvalue weighted by Gasteiger charge is 2.22. The normalized spacial score (nSPS) is 12.6. The second kappa shape index (κ2) is 10.2. The first-order valence-electron chi connectivity index (χ1n) is 10.7. The molecule has 0 aliphatic rings. The molecule has 0 spiro atoms. The van der Waals surface area contributed by atoms with E-state index in [-0.39, 0.29) is 11.3 Å². The van der Waals surface area contributed by atoms with Gasteiger partial charge in [0.05, 0.1) is 4.90 Å². The minimum atomic E-state index is -4.25. The summed E-state index contributed by atoms with van der Waals surface area (Å²) >= 11 is 0. The summed E-state index contributed by atoms with van der Waals surface area (Å²) in [5.41, 5.74) is 2.99. The SMILES string of the molecule is CC(C)Cc1ccc(S(=O)(=O)NC(=O)O)c(-c2ccc(Cn3ccnc3CC(C)F)cc2)c1. The van der Waals surface area contributed by atoms with E-state index in [0.717, 1.165) is 17.5 Å². The molecule has 176 valence electrons. The van der Waals surface area contributed by atoms with Gasteiger partial charge in [-0.1, -0.05) is 44.2 Å². The summed E-state index contributed by atoms with van der Waals surface area (Å²) in [6, 6.07) is 12.3. The molecule has 1 atom stereocenters. The van der Waals surface area contributed by atoms with Gasteiger partial charge in [0, 0.05) is 30.9 Å². The zero-order valence-corrected chi connectivity index (χ0v) is 19.6. The molecule has 0 aliphatic carbocycles. The van der Waals surface area contributed by atoms with Crippen molar-refractivity contribution in [2.75, 3.05) is 0 Å². The van der Waals surface area contributed by atoms with E-state index in [1.165, 1.54) is 13.0 Å². The Labute approximate surface area is 193 Å². The minimum absolute atomic E-state index is 0.0982. The Morgan fingerprint density at radius 3 is 2.36 bits per heavy atom. The predicted molar refractivity (Wildman–Crippen MR) is 124 cm³/mol. The molecule has 0 fully saturated rings. The summed E-state index contributed by atoms with van der Waals surface area (Å²) in [6.45, 7) is 6.13. The van der Waals surface area contributed by atoms with Crippen LogP contribution < -0.4 is 4.72 Å². The lowest BCUT2D eigenvalue weighted by Crippen LogP contribution is -2.29. The number of rotatable bonds is 9. The van der Waals surface area contributed by atoms with Gasteiger partial charge in [0.1, 0.15) is 12.0 Å². The van der Waals surface area contributed by atoms with Crippen LogP contribution in [0.5, 0.6) is 0 Å². The Balaban J connectivity index is 1.96. The summed E-state index contributed by atoms with van der Waals surface area (Å²) in [6.07, 6.45) is 1.79. The van der Waals surface area contributed by atoms with Gasteiger partial charge in [0.2, 0.25) is 0 Å². The predicted octanol–water partition coefficient (Wildman–Crippen LogP) is 4.65. The monoisotopic (exact) mass is 473 g/mol. The maximum Gasteiger partial charge on any atom is 0.418 e. The van der Waals surface area contributed by atoms with Crippen molar-refractivity contribution in [3.63, 3.8) is 0 Å². The van der Waals surface area contributed by atoms with Gasteiger partial charge in [-0.25, -0.2) is 27.3 Å². The molecule has 9 heteroatoms. The van der Waals surface area contributed by atoms with Crippen molar-refractivity contribution >= 4 is 16.1 Å². The molecule has 0 aliphatic heterocycles. The molecule has 3 aromatic rings. The number of hydrogen-bond donors (Lipinski definition) is 2. The lowest BCUT2D eigenvalue weighted by molar-refractivity contribution is 0.201. The van der Waals surface area contributed by atoms with E-state index in [1.807, 2.05) is 16.7 Å². The number of amides is 1. The van der Waals surface area contributed by atoms with Crippen LogP contribution in [0, 0.1) is 5.92 Å². The Bertz CT molecular complexity index is 1220. The lowest BCUT2D eigenvalue weighted by atomic mass is 9.97. The molecule has 0 bridgehead atoms. The molecule has 33 heavy (non-hydrogen) atoms. The third-order valence-corrected chi connectivity index (χ3v) is 6.46. The summed E-state index contributed by atoms with van der Waals surface area (Å²) < 4.78 is 42.2. The number of aromatic nitrogens is 2. The second-order valence-corrected chi connectivity index (χ2v) is 10.1. The number of carboxylic acid groups (broad SMARTS) is 1. The molecule has 7 nitrogen and oxygen atoms in total. The number of imidazole rings is 1. The van der Waals surface area contributed by atoms with Crippen molar-refractivity contribution < 1.29 is 22.7 Å². The van der Waals surface area contributed by atoms with Crippen LogP contribution in [0.15, 0.2) is 59.8 Å². The average Bonchev–Trinajstić information content (AvgIpc) is 3.13. The van der Waals surface area contributed by atoms with Gasteiger partial charge >= 0.3 is 6.09 Å². The van der Waals surface area contributed by atoms with Crippen LogP contribution in [0.3, 0.4) is 0 Å². The molecule has 1 aromatic heterocycles. The number of sulfonamides is 1. The van der Waals surface area contributed by atoms with Gasteiger partial charge in [-0.3, -0.25) is 0 Å². The summed E-state index contributed by atoms with van der Waals surface area (Å²) in [7, 11) is -4.25. The first kappa shape index (κ1) is 24.4. The highest BCUT2D eigenvalue weighted by Crippen LogP contribution is 2.30. The number of benzene rings is 2. The van der Waals surface area contributed by atoms with Crippen molar-refractivity contribution in [3.05, 3.63) is 71.8 Å². The fourth-order valence-corrected chi connectivity index (χ4v) is 4.77. The average molecular weight is 474 g/mol. The zero-order chi connectivity index (χ0) is 24.2. The highest BCUT2D eigenvalue weighted by molar-refractivity contribution is 7.90. The number of hydrogen-bond acceptors (Lipinski definition) is 4. The number of halogens is 1. The van der Waals surface area contributed by atoms with Crippen LogP contribution in [0.2, 0.25) is 0 Å². The quantitative estimate of drug-likeness (QED) is 0.471.